The lowest BCUT2D eigenvalue weighted by Gasteiger charge is -2.17. The first-order valence-corrected chi connectivity index (χ1v) is 5.94. The SMILES string of the molecule is N#CC(c1ccc(F)cc1Cl)C1CCCC1. The first-order chi connectivity index (χ1) is 7.72. The van der Waals surface area contributed by atoms with E-state index in [0.717, 1.165) is 18.4 Å². The van der Waals surface area contributed by atoms with Crippen LogP contribution >= 0.6 is 11.6 Å². The van der Waals surface area contributed by atoms with Gasteiger partial charge in [-0.3, -0.25) is 0 Å². The molecule has 0 N–H and O–H groups in total. The third-order valence-corrected chi connectivity index (χ3v) is 3.64. The second-order valence-corrected chi connectivity index (χ2v) is 4.72. The number of hydrogen-bond donors (Lipinski definition) is 0. The highest BCUT2D eigenvalue weighted by Gasteiger charge is 2.27. The van der Waals surface area contributed by atoms with Gasteiger partial charge in [-0.2, -0.15) is 5.26 Å². The fraction of sp³-hybridized carbons (Fsp3) is 0.462. The summed E-state index contributed by atoms with van der Waals surface area (Å²) in [6.07, 6.45) is 4.52. The Morgan fingerprint density at radius 2 is 2.06 bits per heavy atom. The molecule has 2 rings (SSSR count). The highest BCUT2D eigenvalue weighted by atomic mass is 35.5. The maximum absolute atomic E-state index is 12.9. The molecule has 1 aromatic rings. The summed E-state index contributed by atoms with van der Waals surface area (Å²) in [5.74, 6) is -0.152. The van der Waals surface area contributed by atoms with E-state index in [1.54, 1.807) is 6.07 Å². The number of nitrogens with zero attached hydrogens (tertiary/aromatic N) is 1. The Kier molecular flexibility index (Phi) is 3.46. The summed E-state index contributed by atoms with van der Waals surface area (Å²) in [4.78, 5) is 0. The Morgan fingerprint density at radius 3 is 2.62 bits per heavy atom. The van der Waals surface area contributed by atoms with Crippen molar-refractivity contribution in [2.75, 3.05) is 0 Å². The summed E-state index contributed by atoms with van der Waals surface area (Å²) in [5, 5.41) is 9.60. The molecule has 3 heteroatoms. The first kappa shape index (κ1) is 11.4. The molecule has 84 valence electrons. The molecular weight excluding hydrogens is 225 g/mol. The maximum Gasteiger partial charge on any atom is 0.124 e. The molecule has 0 heterocycles. The van der Waals surface area contributed by atoms with Crippen LogP contribution in [0.25, 0.3) is 0 Å². The quantitative estimate of drug-likeness (QED) is 0.753. The van der Waals surface area contributed by atoms with E-state index in [2.05, 4.69) is 6.07 Å². The van der Waals surface area contributed by atoms with Gasteiger partial charge in [0.25, 0.3) is 0 Å². The van der Waals surface area contributed by atoms with E-state index in [1.807, 2.05) is 0 Å². The minimum absolute atomic E-state index is 0.185. The summed E-state index contributed by atoms with van der Waals surface area (Å²) < 4.78 is 12.9. The van der Waals surface area contributed by atoms with Crippen LogP contribution in [0.15, 0.2) is 18.2 Å². The largest absolute Gasteiger partial charge is 0.207 e. The highest BCUT2D eigenvalue weighted by Crippen LogP contribution is 2.39. The van der Waals surface area contributed by atoms with E-state index in [0.29, 0.717) is 10.9 Å². The number of halogens is 2. The fourth-order valence-corrected chi connectivity index (χ4v) is 2.76. The van der Waals surface area contributed by atoms with Crippen LogP contribution in [0, 0.1) is 23.1 Å². The number of benzene rings is 1. The molecule has 0 radical (unpaired) electrons. The Bertz CT molecular complexity index is 418. The fourth-order valence-electron chi connectivity index (χ4n) is 2.47. The normalized spacial score (nSPS) is 18.3. The monoisotopic (exact) mass is 237 g/mol. The Morgan fingerprint density at radius 1 is 1.38 bits per heavy atom. The standard InChI is InChI=1S/C13H13ClFN/c14-13-7-10(15)5-6-11(13)12(8-16)9-3-1-2-4-9/h5-7,9,12H,1-4H2. The molecule has 1 aliphatic rings. The van der Waals surface area contributed by atoms with Crippen molar-refractivity contribution in [3.05, 3.63) is 34.6 Å². The van der Waals surface area contributed by atoms with Crippen LogP contribution in [0.1, 0.15) is 37.2 Å². The van der Waals surface area contributed by atoms with Gasteiger partial charge in [-0.15, -0.1) is 0 Å². The van der Waals surface area contributed by atoms with Crippen LogP contribution in [0.3, 0.4) is 0 Å². The third-order valence-electron chi connectivity index (χ3n) is 3.31. The number of hydrogen-bond acceptors (Lipinski definition) is 1. The molecule has 0 aliphatic heterocycles. The van der Waals surface area contributed by atoms with Gasteiger partial charge < -0.3 is 0 Å². The Labute approximate surface area is 99.8 Å². The first-order valence-electron chi connectivity index (χ1n) is 5.57. The second kappa shape index (κ2) is 4.84. The molecule has 1 fully saturated rings. The van der Waals surface area contributed by atoms with Gasteiger partial charge in [-0.25, -0.2) is 4.39 Å². The van der Waals surface area contributed by atoms with E-state index in [4.69, 9.17) is 11.6 Å². The average molecular weight is 238 g/mol. The summed E-state index contributed by atoms with van der Waals surface area (Å²) in [6.45, 7) is 0. The topological polar surface area (TPSA) is 23.8 Å². The van der Waals surface area contributed by atoms with Gasteiger partial charge in [0.2, 0.25) is 0 Å². The van der Waals surface area contributed by atoms with Crippen LogP contribution < -0.4 is 0 Å². The maximum atomic E-state index is 12.9. The molecule has 0 bridgehead atoms. The Balaban J connectivity index is 2.30. The third kappa shape index (κ3) is 2.20. The minimum Gasteiger partial charge on any atom is -0.207 e. The van der Waals surface area contributed by atoms with E-state index in [9.17, 15) is 9.65 Å². The highest BCUT2D eigenvalue weighted by molar-refractivity contribution is 6.31. The molecule has 1 unspecified atom stereocenters. The lowest BCUT2D eigenvalue weighted by atomic mass is 9.86. The molecule has 0 saturated heterocycles. The van der Waals surface area contributed by atoms with E-state index in [1.165, 1.54) is 25.0 Å². The molecule has 16 heavy (non-hydrogen) atoms. The second-order valence-electron chi connectivity index (χ2n) is 4.32. The predicted octanol–water partition coefficient (Wildman–Crippen LogP) is 4.28. The van der Waals surface area contributed by atoms with Crippen molar-refractivity contribution in [1.82, 2.24) is 0 Å². The molecule has 0 spiro atoms. The molecule has 1 nitrogen and oxygen atoms in total. The molecule has 1 aromatic carbocycles. The van der Waals surface area contributed by atoms with E-state index in [-0.39, 0.29) is 11.7 Å². The summed E-state index contributed by atoms with van der Waals surface area (Å²) in [5.41, 5.74) is 0.775. The molecule has 0 aromatic heterocycles. The molecule has 1 aliphatic carbocycles. The summed E-state index contributed by atoms with van der Waals surface area (Å²) in [6, 6.07) is 6.62. The molecule has 1 atom stereocenters. The van der Waals surface area contributed by atoms with Gasteiger partial charge in [0, 0.05) is 5.02 Å². The van der Waals surface area contributed by atoms with Gasteiger partial charge in [-0.05, 0) is 36.5 Å². The van der Waals surface area contributed by atoms with Crippen molar-refractivity contribution in [2.45, 2.75) is 31.6 Å². The van der Waals surface area contributed by atoms with Crippen molar-refractivity contribution in [3.63, 3.8) is 0 Å². The van der Waals surface area contributed by atoms with Crippen molar-refractivity contribution in [2.24, 2.45) is 5.92 Å². The van der Waals surface area contributed by atoms with Gasteiger partial charge in [0.05, 0.1) is 12.0 Å². The molecular formula is C13H13ClFN. The zero-order chi connectivity index (χ0) is 11.5. The van der Waals surface area contributed by atoms with Gasteiger partial charge in [0.1, 0.15) is 5.82 Å². The number of rotatable bonds is 2. The van der Waals surface area contributed by atoms with Crippen LogP contribution in [-0.2, 0) is 0 Å². The van der Waals surface area contributed by atoms with E-state index < -0.39 is 0 Å². The average Bonchev–Trinajstić information content (AvgIpc) is 2.75. The van der Waals surface area contributed by atoms with Crippen LogP contribution in [-0.4, -0.2) is 0 Å². The van der Waals surface area contributed by atoms with Crippen LogP contribution in [0.2, 0.25) is 5.02 Å². The summed E-state index contributed by atoms with van der Waals surface area (Å²) >= 11 is 5.99. The van der Waals surface area contributed by atoms with Crippen molar-refractivity contribution < 1.29 is 4.39 Å². The van der Waals surface area contributed by atoms with Crippen LogP contribution in [0.4, 0.5) is 4.39 Å². The summed E-state index contributed by atoms with van der Waals surface area (Å²) in [7, 11) is 0. The van der Waals surface area contributed by atoms with E-state index >= 15 is 0 Å². The molecule has 1 saturated carbocycles. The van der Waals surface area contributed by atoms with Crippen molar-refractivity contribution in [1.29, 1.82) is 5.26 Å². The zero-order valence-electron chi connectivity index (χ0n) is 8.92. The van der Waals surface area contributed by atoms with Gasteiger partial charge >= 0.3 is 0 Å². The van der Waals surface area contributed by atoms with Gasteiger partial charge in [-0.1, -0.05) is 30.5 Å². The van der Waals surface area contributed by atoms with Crippen LogP contribution in [0.5, 0.6) is 0 Å². The minimum atomic E-state index is -0.350. The van der Waals surface area contributed by atoms with Crippen molar-refractivity contribution in [3.8, 4) is 6.07 Å². The molecule has 0 amide bonds. The predicted molar refractivity (Wildman–Crippen MR) is 61.7 cm³/mol. The lowest BCUT2D eigenvalue weighted by Crippen LogP contribution is -2.08. The smallest absolute Gasteiger partial charge is 0.124 e. The Hall–Kier alpha value is -1.07. The van der Waals surface area contributed by atoms with Crippen molar-refractivity contribution >= 4 is 11.6 Å². The number of nitriles is 1. The lowest BCUT2D eigenvalue weighted by molar-refractivity contribution is 0.500. The van der Waals surface area contributed by atoms with Gasteiger partial charge in [0.15, 0.2) is 0 Å². The zero-order valence-corrected chi connectivity index (χ0v) is 9.67.